The number of halogens is 6. The zero-order chi connectivity index (χ0) is 74.7. The Hall–Kier alpha value is 15.8. The zero-order valence-electron chi connectivity index (χ0n) is 48.7. The van der Waals surface area contributed by atoms with E-state index in [4.69, 9.17) is 30.1 Å². The van der Waals surface area contributed by atoms with Gasteiger partial charge in [-0.1, -0.05) is 30.8 Å². The van der Waals surface area contributed by atoms with E-state index in [0.717, 1.165) is 58.4 Å². The number of azide groups is 1. The molecule has 1 amide bonds. The van der Waals surface area contributed by atoms with Gasteiger partial charge in [-0.2, -0.15) is 55.6 Å². The van der Waals surface area contributed by atoms with Gasteiger partial charge in [0.25, 0.3) is 0 Å². The first kappa shape index (κ1) is 153. The quantitative estimate of drug-likeness (QED) is 0.0114. The summed E-state index contributed by atoms with van der Waals surface area (Å²) in [6, 6.07) is 0. The topological polar surface area (TPSA) is 486 Å². The molecule has 93 heavy (non-hydrogen) atoms. The molecule has 0 aliphatic rings. The monoisotopic (exact) mass is 2510 g/mol. The smallest absolute Gasteiger partial charge is 0.400 e. The van der Waals surface area contributed by atoms with Crippen LogP contribution in [-0.4, -0.2) is 106 Å². The summed E-state index contributed by atoms with van der Waals surface area (Å²) in [5.41, 5.74) is 21.0. The molecule has 27 unspecified atom stereocenters. The fraction of sp³-hybridized carbons (Fsp3) is 0.750. The van der Waals surface area contributed by atoms with Crippen LogP contribution in [0.1, 0.15) is 49.5 Å². The standard InChI is InChI=1S/C4H6O3.C3H7NO4S.C3H6O.CH3ClO3S.CH3N3O3S.CH5NO3S.CH4O.2CH4.Cl2O2S.H11IP10.H10IP9.H9IP8.N3.H3N.Na.H10P8.H2S/c1-3(5)7-4(2)6;1-3(5)4-9(6,7)8-2;1-3(2)4;1-5-6(2,3)4;1-7-8(5,6)4-3-2;1-5-6(2,3)4;1-2;;;1-5(2,3)4;1-8(9(3)4)11(7-2)10(5)6;1-7(8(2)3)10(6)9(4)5;1-7(8(3)4)9(5)6-2;1-3-2;;;1-6(2)8(5)7(3)4;/h1-2H3;1-2H3,(H,4,5);1-2H3;1H3;1H3;1H3,(H2,2,3,4);2H,1H3;2*1H4;;7H,2-6H2;2-6H2;6H,2-5H2;;1H3;;1-5H2;1H2/q;;;;;;;;;;;;;-1;;+1;;. The summed E-state index contributed by atoms with van der Waals surface area (Å²) in [5, 5.41) is 11.3. The SMILES string of the molecule is C.C.CC(=O)OC(C)=O.CC(C)=O.CO.COS(=O)(=O)Cl.COS(=O)(=O)N=[N+]=[N-].COS(=O)(=O)NC(C)=O.COS(N)(=O)=O.N.O=S(=O)(Cl)Cl.PP(P)P(P)P(I)P(P)P.PP(P)P(P)P(P)P.PPP(P(P)P)P(I)P(P)P.PPP(P)P(I)P(P)P.S.[N-]=[N+]=[N-].[Na+]. The van der Waals surface area contributed by atoms with Crippen molar-refractivity contribution in [2.75, 3.05) is 35.5 Å². The molecule has 29 nitrogen and oxygen atoms in total. The van der Waals surface area contributed by atoms with Crippen LogP contribution in [-0.2, 0) is 89.2 Å². The van der Waals surface area contributed by atoms with E-state index in [1.165, 1.54) is 32.6 Å². The molecular weight excluding hydrogens is 2420 g/mol. The van der Waals surface area contributed by atoms with Gasteiger partial charge >= 0.3 is 90.0 Å². The van der Waals surface area contributed by atoms with Crippen molar-refractivity contribution in [2.45, 2.75) is 49.5 Å². The molecule has 7 N–H and O–H groups in total. The molecule has 570 valence electrons. The third-order valence-corrected chi connectivity index (χ3v) is 236. The van der Waals surface area contributed by atoms with Crippen LogP contribution in [0.25, 0.3) is 26.4 Å². The van der Waals surface area contributed by atoms with Crippen molar-refractivity contribution in [1.29, 1.82) is 0 Å². The van der Waals surface area contributed by atoms with Crippen molar-refractivity contribution < 1.29 is 117 Å². The molecule has 0 aliphatic heterocycles. The first-order valence-electron chi connectivity index (χ1n) is 18.2. The van der Waals surface area contributed by atoms with E-state index in [0.29, 0.717) is 6.99 Å². The van der Waals surface area contributed by atoms with Crippen molar-refractivity contribution in [1.82, 2.24) is 10.9 Å². The van der Waals surface area contributed by atoms with Crippen molar-refractivity contribution >= 4 is 461 Å². The Bertz CT molecular complexity index is 2360. The molecular formula is C16H87Cl3I3N9NaO20P35S6. The number of carbonyl (C=O) groups excluding carboxylic acids is 4. The summed E-state index contributed by atoms with van der Waals surface area (Å²) in [6.07, 6.45) is 0. The first-order chi connectivity index (χ1) is 39.1. The Morgan fingerprint density at radius 1 is 0.548 bits per heavy atom. The van der Waals surface area contributed by atoms with Crippen molar-refractivity contribution in [3.63, 3.8) is 0 Å². The van der Waals surface area contributed by atoms with E-state index in [1.807, 2.05) is 4.91 Å². The van der Waals surface area contributed by atoms with Gasteiger partial charge in [-0.15, -0.1) is 170 Å². The Morgan fingerprint density at radius 2 is 0.806 bits per heavy atom. The van der Waals surface area contributed by atoms with Gasteiger partial charge in [0, 0.05) is 79.7 Å². The van der Waals surface area contributed by atoms with Crippen LogP contribution in [0.15, 0.2) is 4.52 Å². The van der Waals surface area contributed by atoms with Crippen molar-refractivity contribution in [3.8, 4) is 0 Å². The molecule has 0 aromatic heterocycles. The molecule has 27 atom stereocenters. The predicted molar refractivity (Wildman–Crippen MR) is 543 cm³/mol. The summed E-state index contributed by atoms with van der Waals surface area (Å²) in [6.45, 7) is 8.56. The van der Waals surface area contributed by atoms with Crippen molar-refractivity contribution in [2.24, 2.45) is 9.66 Å². The minimum atomic E-state index is -3.96. The molecule has 0 aromatic carbocycles. The van der Waals surface area contributed by atoms with Crippen LogP contribution in [0.3, 0.4) is 0 Å². The molecule has 0 rings (SSSR count). The molecule has 0 saturated heterocycles. The van der Waals surface area contributed by atoms with Gasteiger partial charge in [0.05, 0.1) is 33.0 Å². The summed E-state index contributed by atoms with van der Waals surface area (Å²) >= 11 is 7.91. The second-order valence-corrected chi connectivity index (χ2v) is 164. The van der Waals surface area contributed by atoms with E-state index in [2.05, 4.69) is 299 Å². The van der Waals surface area contributed by atoms with Gasteiger partial charge in [-0.05, 0) is 162 Å². The fourth-order valence-electron chi connectivity index (χ4n) is 1.26. The minimum absolute atomic E-state index is 0. The number of aliphatic hydroxyl groups excluding tert-OH is 1. The number of nitrogens with one attached hydrogen (secondary N) is 1. The maximum Gasteiger partial charge on any atom is 1.00 e. The number of amides is 1. The Kier molecular flexibility index (Phi) is 165. The van der Waals surface area contributed by atoms with E-state index < -0.39 is 66.4 Å². The number of nitrogens with zero attached hydrogens (tertiary/aromatic N) is 6. The Morgan fingerprint density at radius 3 is 0.860 bits per heavy atom. The number of ether oxygens (including phenoxy) is 1. The number of hydrogen-bond acceptors (Lipinski definition) is 21. The summed E-state index contributed by atoms with van der Waals surface area (Å²) in [4.78, 5) is 43.4. The maximum atomic E-state index is 10.3. The Balaban J connectivity index is -0.0000000414. The molecule has 0 spiro atoms. The number of nitrogens with two attached hydrogens (primary N) is 1. The summed E-state index contributed by atoms with van der Waals surface area (Å²) < 4.78 is 120. The number of ketones is 1. The largest absolute Gasteiger partial charge is 1.00 e. The molecule has 0 fully saturated rings. The predicted octanol–water partition coefficient (Wildman–Crippen LogP) is 20.7. The maximum absolute atomic E-state index is 10.3. The summed E-state index contributed by atoms with van der Waals surface area (Å²) in [7, 11) is 56.8. The normalized spacial score (nSPS) is 12.1. The third-order valence-electron chi connectivity index (χ3n) is 3.81. The van der Waals surface area contributed by atoms with Crippen LogP contribution < -0.4 is 45.6 Å². The van der Waals surface area contributed by atoms with Gasteiger partial charge in [0.15, 0.2) is 0 Å². The van der Waals surface area contributed by atoms with Gasteiger partial charge < -0.3 is 31.9 Å². The number of aliphatic hydroxyl groups is 1. The molecule has 0 aromatic rings. The Labute approximate surface area is 699 Å². The average molecular weight is 2510 g/mol. The number of rotatable bonds is 18. The van der Waals surface area contributed by atoms with E-state index in [9.17, 15) is 52.8 Å². The second kappa shape index (κ2) is 100. The molecule has 0 heterocycles. The second-order valence-electron chi connectivity index (χ2n) is 10.6. The number of hydrogen-bond donors (Lipinski definition) is 4. The number of Topliss-reactive ketones (excluding diaryl/α,β-unsaturated/α-hetero) is 1. The van der Waals surface area contributed by atoms with Crippen LogP contribution in [0.2, 0.25) is 0 Å². The van der Waals surface area contributed by atoms with Crippen molar-refractivity contribution in [3.05, 3.63) is 26.4 Å². The van der Waals surface area contributed by atoms with Crippen LogP contribution in [0, 0.1) is 0 Å². The van der Waals surface area contributed by atoms with E-state index in [1.54, 1.807) is 4.72 Å². The average Bonchev–Trinajstić information content (AvgIpc) is 3.35. The summed E-state index contributed by atoms with van der Waals surface area (Å²) in [5.74, 6) is -1.63. The number of carbonyl (C=O) groups is 4. The van der Waals surface area contributed by atoms with Gasteiger partial charge in [-0.25, -0.2) is 9.86 Å². The van der Waals surface area contributed by atoms with Crippen LogP contribution >= 0.6 is 389 Å². The molecule has 0 radical (unpaired) electrons. The fourth-order valence-corrected chi connectivity index (χ4v) is 224. The number of esters is 2. The third kappa shape index (κ3) is 168. The molecule has 77 heteroatoms. The van der Waals surface area contributed by atoms with Crippen LogP contribution in [0.4, 0.5) is 0 Å². The van der Waals surface area contributed by atoms with Gasteiger partial charge in [0.1, 0.15) is 5.78 Å². The molecule has 0 saturated carbocycles. The zero-order valence-corrected chi connectivity index (χ0v) is 101. The molecule has 0 bridgehead atoms. The first-order valence-corrected chi connectivity index (χ1v) is 96.8. The van der Waals surface area contributed by atoms with Gasteiger partial charge in [0.2, 0.25) is 5.91 Å². The molecule has 0 aliphatic carbocycles. The van der Waals surface area contributed by atoms with E-state index >= 15 is 0 Å². The van der Waals surface area contributed by atoms with Gasteiger partial charge in [-0.3, -0.25) is 36.0 Å². The minimum Gasteiger partial charge on any atom is -0.400 e. The van der Waals surface area contributed by atoms with Crippen LogP contribution in [0.5, 0.6) is 0 Å². The van der Waals surface area contributed by atoms with E-state index in [-0.39, 0.29) is 155 Å².